The maximum atomic E-state index is 10.6. The molecule has 1 saturated heterocycles. The van der Waals surface area contributed by atoms with Gasteiger partial charge in [-0.05, 0) is 26.2 Å². The monoisotopic (exact) mass is 241 g/mol. The van der Waals surface area contributed by atoms with Crippen molar-refractivity contribution in [1.82, 2.24) is 4.98 Å². The highest BCUT2D eigenvalue weighted by atomic mass is 32.1. The predicted molar refractivity (Wildman–Crippen MR) is 60.6 cm³/mol. The average molecular weight is 241 g/mol. The zero-order valence-corrected chi connectivity index (χ0v) is 10.0. The van der Waals surface area contributed by atoms with E-state index in [0.717, 1.165) is 30.9 Å². The Hall–Kier alpha value is -0.940. The van der Waals surface area contributed by atoms with Gasteiger partial charge in [-0.15, -0.1) is 11.3 Å². The molecule has 1 unspecified atom stereocenters. The number of ether oxygens (including phenoxy) is 1. The molecule has 2 rings (SSSR count). The summed E-state index contributed by atoms with van der Waals surface area (Å²) in [6.07, 6.45) is 3.20. The molecule has 0 saturated carbocycles. The molecule has 0 aliphatic carbocycles. The molecule has 0 amide bonds. The fraction of sp³-hybridized carbons (Fsp3) is 0.636. The predicted octanol–water partition coefficient (Wildman–Crippen LogP) is 2.19. The molecule has 1 N–H and O–H groups in total. The zero-order chi connectivity index (χ0) is 11.6. The standard InChI is InChI=1S/C11H15NO3S/c1-11(4-2-3-5-15-11)10-12-8(7-16-10)6-9(13)14/h7H,2-6H2,1H3,(H,13,14). The van der Waals surface area contributed by atoms with E-state index in [1.807, 2.05) is 12.3 Å². The van der Waals surface area contributed by atoms with Crippen molar-refractivity contribution in [3.63, 3.8) is 0 Å². The molecule has 1 aromatic rings. The van der Waals surface area contributed by atoms with Crippen LogP contribution in [0.3, 0.4) is 0 Å². The molecule has 16 heavy (non-hydrogen) atoms. The summed E-state index contributed by atoms with van der Waals surface area (Å²) < 4.78 is 5.77. The molecule has 1 aliphatic heterocycles. The van der Waals surface area contributed by atoms with Crippen LogP contribution in [0.4, 0.5) is 0 Å². The van der Waals surface area contributed by atoms with Crippen LogP contribution in [0.2, 0.25) is 0 Å². The van der Waals surface area contributed by atoms with E-state index in [2.05, 4.69) is 4.98 Å². The average Bonchev–Trinajstić information content (AvgIpc) is 2.67. The number of aromatic nitrogens is 1. The Bertz CT molecular complexity index is 382. The first-order valence-electron chi connectivity index (χ1n) is 5.41. The zero-order valence-electron chi connectivity index (χ0n) is 9.23. The molecule has 1 atom stereocenters. The van der Waals surface area contributed by atoms with E-state index in [1.54, 1.807) is 0 Å². The molecule has 0 spiro atoms. The molecule has 0 aromatic carbocycles. The molecule has 0 radical (unpaired) electrons. The van der Waals surface area contributed by atoms with Gasteiger partial charge in [-0.1, -0.05) is 0 Å². The molecule has 1 aliphatic rings. The van der Waals surface area contributed by atoms with Crippen LogP contribution in [-0.4, -0.2) is 22.7 Å². The molecular weight excluding hydrogens is 226 g/mol. The van der Waals surface area contributed by atoms with Crippen molar-refractivity contribution in [1.29, 1.82) is 0 Å². The first kappa shape index (κ1) is 11.5. The van der Waals surface area contributed by atoms with E-state index < -0.39 is 5.97 Å². The lowest BCUT2D eigenvalue weighted by molar-refractivity contribution is -0.136. The normalized spacial score (nSPS) is 25.6. The van der Waals surface area contributed by atoms with Crippen LogP contribution in [0.1, 0.15) is 36.9 Å². The van der Waals surface area contributed by atoms with Gasteiger partial charge in [-0.25, -0.2) is 4.98 Å². The van der Waals surface area contributed by atoms with Crippen LogP contribution in [0.15, 0.2) is 5.38 Å². The van der Waals surface area contributed by atoms with Crippen molar-refractivity contribution >= 4 is 17.3 Å². The Morgan fingerprint density at radius 3 is 3.12 bits per heavy atom. The number of hydrogen-bond donors (Lipinski definition) is 1. The minimum Gasteiger partial charge on any atom is -0.481 e. The Morgan fingerprint density at radius 1 is 1.69 bits per heavy atom. The van der Waals surface area contributed by atoms with Crippen LogP contribution >= 0.6 is 11.3 Å². The molecule has 4 nitrogen and oxygen atoms in total. The van der Waals surface area contributed by atoms with E-state index in [-0.39, 0.29) is 12.0 Å². The Labute approximate surface area is 98.3 Å². The maximum absolute atomic E-state index is 10.6. The Kier molecular flexibility index (Phi) is 3.25. The van der Waals surface area contributed by atoms with Crippen molar-refractivity contribution in [2.24, 2.45) is 0 Å². The fourth-order valence-corrected chi connectivity index (χ4v) is 2.85. The second-order valence-electron chi connectivity index (χ2n) is 4.25. The first-order chi connectivity index (χ1) is 7.60. The third-order valence-corrected chi connectivity index (χ3v) is 3.94. The van der Waals surface area contributed by atoms with Gasteiger partial charge >= 0.3 is 5.97 Å². The summed E-state index contributed by atoms with van der Waals surface area (Å²) in [7, 11) is 0. The minimum absolute atomic E-state index is 0.00736. The van der Waals surface area contributed by atoms with Gasteiger partial charge in [0.05, 0.1) is 12.1 Å². The van der Waals surface area contributed by atoms with Gasteiger partial charge in [-0.3, -0.25) is 4.79 Å². The third kappa shape index (κ3) is 2.41. The van der Waals surface area contributed by atoms with Crippen LogP contribution in [0.5, 0.6) is 0 Å². The summed E-state index contributed by atoms with van der Waals surface area (Å²) in [4.78, 5) is 14.9. The molecular formula is C11H15NO3S. The van der Waals surface area contributed by atoms with Gasteiger partial charge in [0.15, 0.2) is 0 Å². The summed E-state index contributed by atoms with van der Waals surface area (Å²) in [5.41, 5.74) is 0.322. The number of aliphatic carboxylic acids is 1. The van der Waals surface area contributed by atoms with Crippen LogP contribution < -0.4 is 0 Å². The topological polar surface area (TPSA) is 59.4 Å². The highest BCUT2D eigenvalue weighted by Crippen LogP contribution is 2.36. The SMILES string of the molecule is CC1(c2nc(CC(=O)O)cs2)CCCCO1. The highest BCUT2D eigenvalue weighted by molar-refractivity contribution is 7.09. The van der Waals surface area contributed by atoms with Crippen molar-refractivity contribution in [3.8, 4) is 0 Å². The van der Waals surface area contributed by atoms with E-state index in [1.165, 1.54) is 11.3 Å². The second kappa shape index (κ2) is 4.51. The van der Waals surface area contributed by atoms with Gasteiger partial charge in [0.2, 0.25) is 0 Å². The molecule has 0 bridgehead atoms. The fourth-order valence-electron chi connectivity index (χ4n) is 1.89. The molecule has 5 heteroatoms. The smallest absolute Gasteiger partial charge is 0.309 e. The van der Waals surface area contributed by atoms with Crippen molar-refractivity contribution in [2.75, 3.05) is 6.61 Å². The van der Waals surface area contributed by atoms with Crippen molar-refractivity contribution in [3.05, 3.63) is 16.1 Å². The Balaban J connectivity index is 2.13. The summed E-state index contributed by atoms with van der Waals surface area (Å²) in [5.74, 6) is -0.841. The number of hydrogen-bond acceptors (Lipinski definition) is 4. The van der Waals surface area contributed by atoms with E-state index in [9.17, 15) is 4.79 Å². The van der Waals surface area contributed by atoms with Crippen LogP contribution in [0, 0.1) is 0 Å². The largest absolute Gasteiger partial charge is 0.481 e. The molecule has 2 heterocycles. The van der Waals surface area contributed by atoms with Gasteiger partial charge in [-0.2, -0.15) is 0 Å². The minimum atomic E-state index is -0.841. The number of carbonyl (C=O) groups is 1. The van der Waals surface area contributed by atoms with Crippen LogP contribution in [0.25, 0.3) is 0 Å². The summed E-state index contributed by atoms with van der Waals surface area (Å²) in [6, 6.07) is 0. The number of rotatable bonds is 3. The lowest BCUT2D eigenvalue weighted by Crippen LogP contribution is -2.30. The lowest BCUT2D eigenvalue weighted by atomic mass is 9.97. The van der Waals surface area contributed by atoms with Crippen molar-refractivity contribution < 1.29 is 14.6 Å². The van der Waals surface area contributed by atoms with E-state index in [0.29, 0.717) is 5.69 Å². The van der Waals surface area contributed by atoms with Crippen LogP contribution in [-0.2, 0) is 21.6 Å². The quantitative estimate of drug-likeness (QED) is 0.881. The summed E-state index contributed by atoms with van der Waals surface area (Å²) in [6.45, 7) is 2.81. The Morgan fingerprint density at radius 2 is 2.50 bits per heavy atom. The van der Waals surface area contributed by atoms with Gasteiger partial charge in [0.1, 0.15) is 10.6 Å². The van der Waals surface area contributed by atoms with E-state index in [4.69, 9.17) is 9.84 Å². The number of carboxylic acid groups (broad SMARTS) is 1. The molecule has 1 aromatic heterocycles. The van der Waals surface area contributed by atoms with Gasteiger partial charge in [0, 0.05) is 12.0 Å². The first-order valence-corrected chi connectivity index (χ1v) is 6.29. The van der Waals surface area contributed by atoms with Gasteiger partial charge in [0.25, 0.3) is 0 Å². The summed E-state index contributed by atoms with van der Waals surface area (Å²) in [5, 5.41) is 11.4. The summed E-state index contributed by atoms with van der Waals surface area (Å²) >= 11 is 1.50. The number of nitrogens with zero attached hydrogens (tertiary/aromatic N) is 1. The number of thiazole rings is 1. The second-order valence-corrected chi connectivity index (χ2v) is 5.11. The highest BCUT2D eigenvalue weighted by Gasteiger charge is 2.32. The lowest BCUT2D eigenvalue weighted by Gasteiger charge is -2.31. The van der Waals surface area contributed by atoms with E-state index >= 15 is 0 Å². The van der Waals surface area contributed by atoms with Crippen molar-refractivity contribution in [2.45, 2.75) is 38.2 Å². The molecule has 88 valence electrons. The number of carboxylic acids is 1. The third-order valence-electron chi connectivity index (χ3n) is 2.81. The van der Waals surface area contributed by atoms with Gasteiger partial charge < -0.3 is 9.84 Å². The maximum Gasteiger partial charge on any atom is 0.309 e. The molecule has 1 fully saturated rings.